The van der Waals surface area contributed by atoms with E-state index < -0.39 is 0 Å². The zero-order valence-corrected chi connectivity index (χ0v) is 14.2. The highest BCUT2D eigenvalue weighted by molar-refractivity contribution is 7.19. The van der Waals surface area contributed by atoms with Gasteiger partial charge in [-0.15, -0.1) is 16.4 Å². The van der Waals surface area contributed by atoms with E-state index in [-0.39, 0.29) is 0 Å². The van der Waals surface area contributed by atoms with Gasteiger partial charge in [-0.25, -0.2) is 14.5 Å². The van der Waals surface area contributed by atoms with Gasteiger partial charge in [0.25, 0.3) is 0 Å². The first-order valence-electron chi connectivity index (χ1n) is 8.21. The molecule has 0 unspecified atom stereocenters. The van der Waals surface area contributed by atoms with E-state index in [0.29, 0.717) is 11.5 Å². The van der Waals surface area contributed by atoms with E-state index in [2.05, 4.69) is 17.0 Å². The van der Waals surface area contributed by atoms with Crippen LogP contribution >= 0.6 is 11.3 Å². The molecule has 1 atom stereocenters. The van der Waals surface area contributed by atoms with Gasteiger partial charge in [0.05, 0.1) is 5.39 Å². The Balaban J connectivity index is 1.78. The fourth-order valence-corrected chi connectivity index (χ4v) is 4.90. The average molecular weight is 335 g/mol. The smallest absolute Gasteiger partial charge is 0.184 e. The maximum absolute atomic E-state index is 6.09. The van der Waals surface area contributed by atoms with Crippen LogP contribution in [0.15, 0.2) is 30.6 Å². The molecule has 3 aromatic heterocycles. The number of nitrogen functional groups attached to an aromatic ring is 1. The molecule has 4 aromatic rings. The first kappa shape index (κ1) is 13.9. The van der Waals surface area contributed by atoms with Gasteiger partial charge in [0.2, 0.25) is 0 Å². The number of anilines is 1. The van der Waals surface area contributed by atoms with Gasteiger partial charge < -0.3 is 5.73 Å². The van der Waals surface area contributed by atoms with E-state index in [1.807, 2.05) is 35.6 Å². The Morgan fingerprint density at radius 3 is 3.04 bits per heavy atom. The second kappa shape index (κ2) is 5.01. The lowest BCUT2D eigenvalue weighted by atomic mass is 9.89. The average Bonchev–Trinajstić information content (AvgIpc) is 3.14. The van der Waals surface area contributed by atoms with Crippen molar-refractivity contribution < 1.29 is 0 Å². The van der Waals surface area contributed by atoms with Crippen LogP contribution in [0.5, 0.6) is 0 Å². The fraction of sp³-hybridized carbons (Fsp3) is 0.278. The fourth-order valence-electron chi connectivity index (χ4n) is 3.55. The highest BCUT2D eigenvalue weighted by Gasteiger charge is 2.23. The van der Waals surface area contributed by atoms with Crippen LogP contribution < -0.4 is 5.73 Å². The summed E-state index contributed by atoms with van der Waals surface area (Å²) in [5, 5.41) is 5.78. The summed E-state index contributed by atoms with van der Waals surface area (Å²) in [4.78, 5) is 12.0. The molecule has 3 heterocycles. The van der Waals surface area contributed by atoms with Crippen LogP contribution in [0.25, 0.3) is 27.3 Å². The van der Waals surface area contributed by atoms with Crippen molar-refractivity contribution in [3.8, 4) is 11.4 Å². The molecule has 0 bridgehead atoms. The summed E-state index contributed by atoms with van der Waals surface area (Å²) in [5.74, 6) is 1.41. The molecule has 1 aromatic carbocycles. The quantitative estimate of drug-likeness (QED) is 0.538. The minimum absolute atomic E-state index is 0.659. The Morgan fingerprint density at radius 1 is 1.29 bits per heavy atom. The number of nitrogens with zero attached hydrogens (tertiary/aromatic N) is 4. The van der Waals surface area contributed by atoms with Crippen LogP contribution in [0.3, 0.4) is 0 Å². The van der Waals surface area contributed by atoms with Crippen molar-refractivity contribution in [3.05, 3.63) is 41.0 Å². The van der Waals surface area contributed by atoms with Gasteiger partial charge in [0.1, 0.15) is 11.2 Å². The lowest BCUT2D eigenvalue weighted by molar-refractivity contribution is 0.509. The van der Waals surface area contributed by atoms with Crippen molar-refractivity contribution >= 4 is 32.9 Å². The molecular weight excluding hydrogens is 318 g/mol. The van der Waals surface area contributed by atoms with Gasteiger partial charge in [-0.1, -0.05) is 19.1 Å². The Morgan fingerprint density at radius 2 is 2.17 bits per heavy atom. The number of fused-ring (bicyclic) bond motifs is 5. The van der Waals surface area contributed by atoms with Crippen LogP contribution in [-0.4, -0.2) is 19.6 Å². The number of benzene rings is 1. The second-order valence-electron chi connectivity index (χ2n) is 6.57. The number of rotatable bonds is 1. The van der Waals surface area contributed by atoms with Crippen molar-refractivity contribution in [1.82, 2.24) is 19.6 Å². The molecule has 0 amide bonds. The molecule has 2 N–H and O–H groups in total. The largest absolute Gasteiger partial charge is 0.398 e. The molecule has 5 rings (SSSR count). The molecule has 0 saturated heterocycles. The Bertz CT molecular complexity index is 1080. The SMILES string of the molecule is C[C@@H]1CCc2c(sc3ncn4nc(-c5ccccc5N)nc4c23)C1. The third kappa shape index (κ3) is 1.96. The lowest BCUT2D eigenvalue weighted by Gasteiger charge is -2.17. The first-order valence-corrected chi connectivity index (χ1v) is 9.03. The van der Waals surface area contributed by atoms with Crippen LogP contribution in [0.1, 0.15) is 23.8 Å². The minimum atomic E-state index is 0.659. The summed E-state index contributed by atoms with van der Waals surface area (Å²) in [6.45, 7) is 2.32. The van der Waals surface area contributed by atoms with Crippen molar-refractivity contribution in [1.29, 1.82) is 0 Å². The van der Waals surface area contributed by atoms with Crippen molar-refractivity contribution in [2.45, 2.75) is 26.2 Å². The third-order valence-electron chi connectivity index (χ3n) is 4.83. The normalized spacial score (nSPS) is 17.5. The van der Waals surface area contributed by atoms with Gasteiger partial charge >= 0.3 is 0 Å². The molecular formula is C18H17N5S. The molecule has 0 fully saturated rings. The predicted molar refractivity (Wildman–Crippen MR) is 97.2 cm³/mol. The van der Waals surface area contributed by atoms with Crippen molar-refractivity contribution in [2.24, 2.45) is 5.92 Å². The number of para-hydroxylation sites is 1. The molecule has 1 aliphatic rings. The molecule has 0 radical (unpaired) electrons. The first-order chi connectivity index (χ1) is 11.7. The summed E-state index contributed by atoms with van der Waals surface area (Å²) < 4.78 is 1.79. The molecule has 5 nitrogen and oxygen atoms in total. The zero-order chi connectivity index (χ0) is 16.3. The Kier molecular flexibility index (Phi) is 2.91. The van der Waals surface area contributed by atoms with E-state index in [1.54, 1.807) is 10.8 Å². The van der Waals surface area contributed by atoms with Crippen molar-refractivity contribution in [3.63, 3.8) is 0 Å². The summed E-state index contributed by atoms with van der Waals surface area (Å²) in [6, 6.07) is 7.71. The summed E-state index contributed by atoms with van der Waals surface area (Å²) in [6.07, 6.45) is 5.24. The van der Waals surface area contributed by atoms with E-state index in [0.717, 1.165) is 34.8 Å². The number of aryl methyl sites for hydroxylation is 1. The number of nitrogens with two attached hydrogens (primary N) is 1. The Hall–Kier alpha value is -2.47. The van der Waals surface area contributed by atoms with Crippen LogP contribution in [0.2, 0.25) is 0 Å². The monoisotopic (exact) mass is 335 g/mol. The van der Waals surface area contributed by atoms with Gasteiger partial charge in [0.15, 0.2) is 11.5 Å². The summed E-state index contributed by atoms with van der Waals surface area (Å²) >= 11 is 1.81. The van der Waals surface area contributed by atoms with Crippen LogP contribution in [-0.2, 0) is 12.8 Å². The zero-order valence-electron chi connectivity index (χ0n) is 13.4. The number of aromatic nitrogens is 4. The number of thiophene rings is 1. The standard InChI is InChI=1S/C18H17N5S/c1-10-6-7-12-14(8-10)24-18-15(12)17-21-16(22-23(17)9-20-18)11-4-2-3-5-13(11)19/h2-5,9-10H,6-8,19H2,1H3/t10-/m1/s1. The van der Waals surface area contributed by atoms with Crippen molar-refractivity contribution in [2.75, 3.05) is 5.73 Å². The molecule has 0 aliphatic heterocycles. The minimum Gasteiger partial charge on any atom is -0.398 e. The number of hydrogen-bond acceptors (Lipinski definition) is 5. The lowest BCUT2D eigenvalue weighted by Crippen LogP contribution is -2.08. The second-order valence-corrected chi connectivity index (χ2v) is 7.65. The van der Waals surface area contributed by atoms with E-state index in [9.17, 15) is 0 Å². The molecule has 0 spiro atoms. The predicted octanol–water partition coefficient (Wildman–Crippen LogP) is 3.71. The topological polar surface area (TPSA) is 69.1 Å². The van der Waals surface area contributed by atoms with Gasteiger partial charge in [0, 0.05) is 16.1 Å². The molecule has 0 saturated carbocycles. The van der Waals surface area contributed by atoms with Gasteiger partial charge in [-0.3, -0.25) is 0 Å². The highest BCUT2D eigenvalue weighted by atomic mass is 32.1. The molecule has 6 heteroatoms. The molecule has 1 aliphatic carbocycles. The maximum Gasteiger partial charge on any atom is 0.184 e. The maximum atomic E-state index is 6.09. The Labute approximate surface area is 143 Å². The van der Waals surface area contributed by atoms with Crippen LogP contribution in [0.4, 0.5) is 5.69 Å². The number of hydrogen-bond donors (Lipinski definition) is 1. The summed E-state index contributed by atoms with van der Waals surface area (Å²) in [5.41, 5.74) is 9.97. The van der Waals surface area contributed by atoms with E-state index in [4.69, 9.17) is 10.7 Å². The van der Waals surface area contributed by atoms with E-state index in [1.165, 1.54) is 22.2 Å². The van der Waals surface area contributed by atoms with Gasteiger partial charge in [-0.05, 0) is 42.9 Å². The van der Waals surface area contributed by atoms with E-state index >= 15 is 0 Å². The summed E-state index contributed by atoms with van der Waals surface area (Å²) in [7, 11) is 0. The highest BCUT2D eigenvalue weighted by Crippen LogP contribution is 2.39. The van der Waals surface area contributed by atoms with Gasteiger partial charge in [-0.2, -0.15) is 0 Å². The molecule has 120 valence electrons. The van der Waals surface area contributed by atoms with Crippen LogP contribution in [0, 0.1) is 5.92 Å². The molecule has 24 heavy (non-hydrogen) atoms. The third-order valence-corrected chi connectivity index (χ3v) is 6.00.